The van der Waals surface area contributed by atoms with Gasteiger partial charge in [-0.25, -0.2) is 9.97 Å². The van der Waals surface area contributed by atoms with E-state index in [9.17, 15) is 4.79 Å². The van der Waals surface area contributed by atoms with Crippen LogP contribution in [0.2, 0.25) is 10.0 Å². The topological polar surface area (TPSA) is 87.3 Å². The number of aromatic amines is 2. The van der Waals surface area contributed by atoms with Crippen molar-refractivity contribution in [2.75, 3.05) is 0 Å². The monoisotopic (exact) mass is 403 g/mol. The summed E-state index contributed by atoms with van der Waals surface area (Å²) < 4.78 is 0. The smallest absolute Gasteiger partial charge is 0.258 e. The van der Waals surface area contributed by atoms with Crippen LogP contribution in [0.1, 0.15) is 5.82 Å². The number of hydrogen-bond donors (Lipinski definition) is 2. The Morgan fingerprint density at radius 3 is 2.77 bits per heavy atom. The number of benzene rings is 2. The van der Waals surface area contributed by atoms with E-state index in [4.69, 9.17) is 23.2 Å². The minimum absolute atomic E-state index is 0.158. The molecule has 2 heterocycles. The maximum absolute atomic E-state index is 12.1. The fourth-order valence-corrected chi connectivity index (χ4v) is 3.62. The molecule has 0 amide bonds. The largest absolute Gasteiger partial charge is 0.309 e. The first-order valence-corrected chi connectivity index (χ1v) is 9.33. The third kappa shape index (κ3) is 3.46. The van der Waals surface area contributed by atoms with Crippen molar-refractivity contribution in [2.45, 2.75) is 10.9 Å². The number of nitrogens with one attached hydrogen (secondary N) is 2. The van der Waals surface area contributed by atoms with Gasteiger partial charge in [0.05, 0.1) is 21.7 Å². The van der Waals surface area contributed by atoms with E-state index >= 15 is 0 Å². The number of nitrogens with zero attached hydrogens (tertiary/aromatic N) is 3. The minimum Gasteiger partial charge on any atom is -0.309 e. The lowest BCUT2D eigenvalue weighted by molar-refractivity contribution is 0.966. The summed E-state index contributed by atoms with van der Waals surface area (Å²) in [5.74, 6) is 1.55. The third-order valence-corrected chi connectivity index (χ3v) is 5.06. The van der Waals surface area contributed by atoms with Gasteiger partial charge >= 0.3 is 0 Å². The fraction of sp³-hybridized carbons (Fsp3) is 0.0588. The Hall–Kier alpha value is -2.35. The van der Waals surface area contributed by atoms with Gasteiger partial charge in [0, 0.05) is 10.6 Å². The van der Waals surface area contributed by atoms with Gasteiger partial charge in [0.2, 0.25) is 5.16 Å². The van der Waals surface area contributed by atoms with Gasteiger partial charge < -0.3 is 4.98 Å². The summed E-state index contributed by atoms with van der Waals surface area (Å²) in [4.78, 5) is 23.8. The molecule has 0 aliphatic carbocycles. The second-order valence-corrected chi connectivity index (χ2v) is 7.20. The highest BCUT2D eigenvalue weighted by Gasteiger charge is 2.11. The molecular weight excluding hydrogens is 393 g/mol. The fourth-order valence-electron chi connectivity index (χ4n) is 2.45. The van der Waals surface area contributed by atoms with E-state index in [-0.39, 0.29) is 5.56 Å². The number of H-pyrrole nitrogens is 2. The van der Waals surface area contributed by atoms with E-state index in [1.165, 1.54) is 11.8 Å². The molecule has 2 N–H and O–H groups in total. The van der Waals surface area contributed by atoms with Crippen molar-refractivity contribution < 1.29 is 0 Å². The van der Waals surface area contributed by atoms with Crippen LogP contribution in [0.25, 0.3) is 22.3 Å². The first-order valence-electron chi connectivity index (χ1n) is 7.59. The normalized spacial score (nSPS) is 11.2. The highest BCUT2D eigenvalue weighted by atomic mass is 35.5. The molecule has 0 atom stereocenters. The molecule has 0 spiro atoms. The lowest BCUT2D eigenvalue weighted by Crippen LogP contribution is -2.11. The molecule has 0 aliphatic heterocycles. The number of thioether (sulfide) groups is 1. The zero-order valence-corrected chi connectivity index (χ0v) is 15.5. The van der Waals surface area contributed by atoms with Crippen molar-refractivity contribution >= 4 is 45.9 Å². The molecule has 130 valence electrons. The molecule has 2 aromatic heterocycles. The van der Waals surface area contributed by atoms with Crippen LogP contribution in [0.15, 0.2) is 52.4 Å². The van der Waals surface area contributed by atoms with Crippen LogP contribution in [-0.2, 0) is 5.75 Å². The lowest BCUT2D eigenvalue weighted by atomic mass is 10.2. The molecule has 0 unspecified atom stereocenters. The van der Waals surface area contributed by atoms with Crippen molar-refractivity contribution in [3.05, 3.63) is 68.7 Å². The van der Waals surface area contributed by atoms with Gasteiger partial charge in [-0.1, -0.05) is 47.1 Å². The summed E-state index contributed by atoms with van der Waals surface area (Å²) in [5.41, 5.74) is 1.22. The summed E-state index contributed by atoms with van der Waals surface area (Å²) in [7, 11) is 0. The molecule has 6 nitrogen and oxygen atoms in total. The number of aromatic nitrogens is 5. The Labute approximate surface area is 162 Å². The third-order valence-electron chi connectivity index (χ3n) is 3.65. The van der Waals surface area contributed by atoms with Crippen molar-refractivity contribution in [2.24, 2.45) is 0 Å². The molecule has 0 saturated carbocycles. The SMILES string of the molecule is O=c1[nH]c(CSc2n[nH]c(-c3ccc(Cl)cc3Cl)n2)nc2ccccc12. The number of fused-ring (bicyclic) bond motifs is 1. The Morgan fingerprint density at radius 2 is 1.92 bits per heavy atom. The zero-order chi connectivity index (χ0) is 18.1. The van der Waals surface area contributed by atoms with Crippen molar-refractivity contribution in [1.82, 2.24) is 25.1 Å². The van der Waals surface area contributed by atoms with Crippen LogP contribution in [-0.4, -0.2) is 25.1 Å². The Morgan fingerprint density at radius 1 is 1.08 bits per heavy atom. The minimum atomic E-state index is -0.158. The van der Waals surface area contributed by atoms with Gasteiger partial charge in [0.15, 0.2) is 5.82 Å². The molecule has 0 bridgehead atoms. The Bertz CT molecular complexity index is 1160. The summed E-state index contributed by atoms with van der Waals surface area (Å²) in [6, 6.07) is 12.4. The van der Waals surface area contributed by atoms with Crippen molar-refractivity contribution in [3.8, 4) is 11.4 Å². The second-order valence-electron chi connectivity index (χ2n) is 5.41. The standard InChI is InChI=1S/C17H11Cl2N5OS/c18-9-5-6-10(12(19)7-9)15-22-17(24-23-15)26-8-14-20-13-4-2-1-3-11(13)16(25)21-14/h1-7H,8H2,(H,20,21,25)(H,22,23,24). The van der Waals surface area contributed by atoms with Crippen LogP contribution in [0.3, 0.4) is 0 Å². The summed E-state index contributed by atoms with van der Waals surface area (Å²) in [5, 5.41) is 9.17. The van der Waals surface area contributed by atoms with Crippen LogP contribution >= 0.6 is 35.0 Å². The van der Waals surface area contributed by atoms with Gasteiger partial charge in [-0.15, -0.1) is 5.10 Å². The number of hydrogen-bond acceptors (Lipinski definition) is 5. The van der Waals surface area contributed by atoms with Gasteiger partial charge in [-0.2, -0.15) is 0 Å². The number of para-hydroxylation sites is 1. The molecule has 26 heavy (non-hydrogen) atoms. The summed E-state index contributed by atoms with van der Waals surface area (Å²) in [6.45, 7) is 0. The lowest BCUT2D eigenvalue weighted by Gasteiger charge is -2.01. The van der Waals surface area contributed by atoms with Gasteiger partial charge in [-0.3, -0.25) is 9.89 Å². The van der Waals surface area contributed by atoms with Crippen LogP contribution in [0.4, 0.5) is 0 Å². The molecule has 0 radical (unpaired) electrons. The van der Waals surface area contributed by atoms with Crippen LogP contribution < -0.4 is 5.56 Å². The van der Waals surface area contributed by atoms with Crippen molar-refractivity contribution in [1.29, 1.82) is 0 Å². The highest BCUT2D eigenvalue weighted by molar-refractivity contribution is 7.98. The summed E-state index contributed by atoms with van der Waals surface area (Å²) >= 11 is 13.5. The molecular formula is C17H11Cl2N5OS. The van der Waals surface area contributed by atoms with Gasteiger partial charge in [-0.05, 0) is 30.3 Å². The average molecular weight is 404 g/mol. The van der Waals surface area contributed by atoms with Crippen LogP contribution in [0.5, 0.6) is 0 Å². The van der Waals surface area contributed by atoms with Gasteiger partial charge in [0.1, 0.15) is 5.82 Å². The zero-order valence-electron chi connectivity index (χ0n) is 13.2. The van der Waals surface area contributed by atoms with Crippen molar-refractivity contribution in [3.63, 3.8) is 0 Å². The van der Waals surface area contributed by atoms with E-state index in [1.54, 1.807) is 24.3 Å². The number of rotatable bonds is 4. The van der Waals surface area contributed by atoms with Crippen LogP contribution in [0, 0.1) is 0 Å². The quantitative estimate of drug-likeness (QED) is 0.495. The van der Waals surface area contributed by atoms with E-state index < -0.39 is 0 Å². The average Bonchev–Trinajstić information content (AvgIpc) is 3.09. The van der Waals surface area contributed by atoms with E-state index in [1.807, 2.05) is 18.2 Å². The highest BCUT2D eigenvalue weighted by Crippen LogP contribution is 2.29. The Kier molecular flexibility index (Phi) is 4.67. The summed E-state index contributed by atoms with van der Waals surface area (Å²) in [6.07, 6.45) is 0. The van der Waals surface area contributed by atoms with Gasteiger partial charge in [0.25, 0.3) is 5.56 Å². The maximum atomic E-state index is 12.1. The predicted octanol–water partition coefficient (Wildman–Crippen LogP) is 4.31. The van der Waals surface area contributed by atoms with E-state index in [0.29, 0.717) is 49.1 Å². The molecule has 2 aromatic carbocycles. The molecule has 4 rings (SSSR count). The Balaban J connectivity index is 1.54. The van der Waals surface area contributed by atoms with E-state index in [0.717, 1.165) is 0 Å². The molecule has 0 aliphatic rings. The molecule has 4 aromatic rings. The molecule has 0 saturated heterocycles. The predicted molar refractivity (Wildman–Crippen MR) is 104 cm³/mol. The first kappa shape index (κ1) is 17.1. The first-order chi connectivity index (χ1) is 12.6. The maximum Gasteiger partial charge on any atom is 0.258 e. The number of halogens is 2. The molecule has 0 fully saturated rings. The molecule has 9 heteroatoms. The second kappa shape index (κ2) is 7.11. The van der Waals surface area contributed by atoms with E-state index in [2.05, 4.69) is 25.1 Å².